The molecular weight excluding hydrogens is 146 g/mol. The second kappa shape index (κ2) is 4.60. The third-order valence-electron chi connectivity index (χ3n) is 0.580. The molecule has 0 N–H and O–H groups in total. The van der Waals surface area contributed by atoms with Crippen molar-refractivity contribution in [2.45, 2.75) is 6.42 Å². The van der Waals surface area contributed by atoms with Crippen molar-refractivity contribution >= 4 is 12.3 Å². The van der Waals surface area contributed by atoms with Gasteiger partial charge in [-0.25, -0.2) is 4.79 Å². The number of rotatable bonds is 0. The van der Waals surface area contributed by atoms with Crippen LogP contribution >= 0.6 is 0 Å². The molecule has 0 spiro atoms. The van der Waals surface area contributed by atoms with Gasteiger partial charge in [0.25, 0.3) is 0 Å². The number of ether oxygens (including phenoxy) is 1. The second-order valence-corrected chi connectivity index (χ2v) is 1.29. The summed E-state index contributed by atoms with van der Waals surface area (Å²) in [5, 5.41) is 0. The number of halogens is 2. The topological polar surface area (TPSA) is 43.4 Å². The molecule has 56 valence electrons. The van der Waals surface area contributed by atoms with Gasteiger partial charge in [0.2, 0.25) is 0 Å². The first kappa shape index (κ1) is 8.74. The Hall–Kier alpha value is -1.26. The summed E-state index contributed by atoms with van der Waals surface area (Å²) >= 11 is 0. The fourth-order valence-electron chi connectivity index (χ4n) is 0.316. The Balaban J connectivity index is 0.000000180. The van der Waals surface area contributed by atoms with E-state index in [-0.39, 0.29) is 5.97 Å². The summed E-state index contributed by atoms with van der Waals surface area (Å²) in [6.07, 6.45) is 0.699. The molecule has 0 saturated carbocycles. The highest BCUT2D eigenvalue weighted by atomic mass is 19.3. The van der Waals surface area contributed by atoms with Gasteiger partial charge < -0.3 is 4.74 Å². The molecule has 0 aliphatic carbocycles. The van der Waals surface area contributed by atoms with E-state index in [4.69, 9.17) is 4.79 Å². The normalized spacial score (nSPS) is 13.6. The number of esters is 1. The third-order valence-corrected chi connectivity index (χ3v) is 0.580. The largest absolute Gasteiger partial charge is 0.483 e. The zero-order valence-corrected chi connectivity index (χ0v) is 4.84. The highest BCUT2D eigenvalue weighted by Gasteiger charge is 2.00. The zero-order valence-electron chi connectivity index (χ0n) is 4.84. The Kier molecular flexibility index (Phi) is 4.02. The second-order valence-electron chi connectivity index (χ2n) is 1.29. The maximum Gasteiger partial charge on any atom is 0.483 e. The van der Waals surface area contributed by atoms with Crippen molar-refractivity contribution in [1.82, 2.24) is 0 Å². The van der Waals surface area contributed by atoms with Gasteiger partial charge in [-0.05, 0) is 6.08 Å². The van der Waals surface area contributed by atoms with Gasteiger partial charge in [0.15, 0.2) is 0 Å². The summed E-state index contributed by atoms with van der Waals surface area (Å²) in [6.45, 7) is 0. The summed E-state index contributed by atoms with van der Waals surface area (Å²) in [7, 11) is 0. The Morgan fingerprint density at radius 1 is 1.60 bits per heavy atom. The molecule has 0 radical (unpaired) electrons. The number of carbonyl (C=O) groups excluding carboxylic acids is 2. The molecule has 0 bridgehead atoms. The monoisotopic (exact) mass is 150 g/mol. The number of hydrogen-bond donors (Lipinski definition) is 0. The van der Waals surface area contributed by atoms with Crippen LogP contribution in [0.25, 0.3) is 0 Å². The maximum atomic E-state index is 9.96. The average Bonchev–Trinajstić information content (AvgIpc) is 2.15. The number of carbonyl (C=O) groups is 2. The molecule has 1 rings (SSSR count). The minimum absolute atomic E-state index is 0.157. The van der Waals surface area contributed by atoms with Crippen LogP contribution in [-0.2, 0) is 9.53 Å². The maximum absolute atomic E-state index is 9.96. The molecule has 0 saturated heterocycles. The van der Waals surface area contributed by atoms with Crippen molar-refractivity contribution in [1.29, 1.82) is 0 Å². The van der Waals surface area contributed by atoms with Gasteiger partial charge in [0, 0.05) is 0 Å². The number of hydrogen-bond acceptors (Lipinski definition) is 3. The van der Waals surface area contributed by atoms with Gasteiger partial charge in [0.1, 0.15) is 0 Å². The van der Waals surface area contributed by atoms with Crippen molar-refractivity contribution in [3.8, 4) is 0 Å². The minimum atomic E-state index is -2.83. The summed E-state index contributed by atoms with van der Waals surface area (Å²) in [5.74, 6) is -0.157. The lowest BCUT2D eigenvalue weighted by molar-refractivity contribution is -0.135. The fraction of sp³-hybridized carbons (Fsp3) is 0.200. The zero-order chi connectivity index (χ0) is 7.98. The van der Waals surface area contributed by atoms with E-state index >= 15 is 0 Å². The molecule has 0 aromatic rings. The van der Waals surface area contributed by atoms with E-state index in [1.807, 2.05) is 0 Å². The van der Waals surface area contributed by atoms with E-state index in [1.165, 1.54) is 6.26 Å². The Morgan fingerprint density at radius 2 is 2.10 bits per heavy atom. The van der Waals surface area contributed by atoms with Crippen LogP contribution in [0.5, 0.6) is 0 Å². The molecule has 1 aliphatic heterocycles. The van der Waals surface area contributed by atoms with Gasteiger partial charge in [-0.15, -0.1) is 8.78 Å². The molecule has 5 heteroatoms. The predicted octanol–water partition coefficient (Wildman–Crippen LogP) is 1.49. The van der Waals surface area contributed by atoms with Gasteiger partial charge in [0.05, 0.1) is 12.7 Å². The summed E-state index contributed by atoms with van der Waals surface area (Å²) in [6, 6.07) is 0. The standard InChI is InChI=1S/C4H4O2.CF2O/c5-4-2-1-3-6-4;2-1(3)4/h1,3H,2H2;. The molecule has 0 aromatic carbocycles. The van der Waals surface area contributed by atoms with Gasteiger partial charge in [-0.2, -0.15) is 0 Å². The van der Waals surface area contributed by atoms with Crippen LogP contribution < -0.4 is 0 Å². The molecule has 10 heavy (non-hydrogen) atoms. The molecule has 0 atom stereocenters. The molecule has 1 heterocycles. The molecule has 0 fully saturated rings. The lowest BCUT2D eigenvalue weighted by Gasteiger charge is -1.78. The van der Waals surface area contributed by atoms with Crippen molar-refractivity contribution in [3.05, 3.63) is 12.3 Å². The SMILES string of the molecule is O=C(F)F.O=C1CC=CO1. The van der Waals surface area contributed by atoms with Crippen LogP contribution in [0, 0.1) is 0 Å². The quantitative estimate of drug-likeness (QED) is 0.388. The predicted molar refractivity (Wildman–Crippen MR) is 27.5 cm³/mol. The van der Waals surface area contributed by atoms with Crippen LogP contribution in [0.3, 0.4) is 0 Å². The Labute approximate surface area is 55.3 Å². The molecule has 0 amide bonds. The van der Waals surface area contributed by atoms with Crippen LogP contribution in [0.2, 0.25) is 0 Å². The molecular formula is C5H4F2O3. The van der Waals surface area contributed by atoms with E-state index < -0.39 is 6.29 Å². The fourth-order valence-corrected chi connectivity index (χ4v) is 0.316. The summed E-state index contributed by atoms with van der Waals surface area (Å²) in [5.41, 5.74) is 0. The molecule has 0 aromatic heterocycles. The molecule has 0 unspecified atom stereocenters. The first-order valence-electron chi connectivity index (χ1n) is 2.32. The van der Waals surface area contributed by atoms with Crippen molar-refractivity contribution in [2.24, 2.45) is 0 Å². The lowest BCUT2D eigenvalue weighted by Crippen LogP contribution is -1.87. The number of cyclic esters (lactones) is 1. The van der Waals surface area contributed by atoms with Crippen molar-refractivity contribution < 1.29 is 23.1 Å². The van der Waals surface area contributed by atoms with E-state index in [1.54, 1.807) is 6.08 Å². The van der Waals surface area contributed by atoms with E-state index in [0.29, 0.717) is 6.42 Å². The van der Waals surface area contributed by atoms with Crippen LogP contribution in [-0.4, -0.2) is 12.3 Å². The highest BCUT2D eigenvalue weighted by Crippen LogP contribution is 1.96. The highest BCUT2D eigenvalue weighted by molar-refractivity contribution is 5.73. The lowest BCUT2D eigenvalue weighted by atomic mass is 10.5. The summed E-state index contributed by atoms with van der Waals surface area (Å²) in [4.78, 5) is 18.1. The van der Waals surface area contributed by atoms with Crippen LogP contribution in [0.1, 0.15) is 6.42 Å². The summed E-state index contributed by atoms with van der Waals surface area (Å²) < 4.78 is 23.7. The van der Waals surface area contributed by atoms with Gasteiger partial charge >= 0.3 is 12.3 Å². The van der Waals surface area contributed by atoms with Gasteiger partial charge in [-0.1, -0.05) is 0 Å². The van der Waals surface area contributed by atoms with Crippen LogP contribution in [0.15, 0.2) is 12.3 Å². The van der Waals surface area contributed by atoms with Crippen molar-refractivity contribution in [2.75, 3.05) is 0 Å². The first-order valence-corrected chi connectivity index (χ1v) is 2.32. The minimum Gasteiger partial charge on any atom is -0.435 e. The van der Waals surface area contributed by atoms with Gasteiger partial charge in [-0.3, -0.25) is 4.79 Å². The van der Waals surface area contributed by atoms with Crippen LogP contribution in [0.4, 0.5) is 13.6 Å². The van der Waals surface area contributed by atoms with E-state index in [9.17, 15) is 13.6 Å². The van der Waals surface area contributed by atoms with E-state index in [2.05, 4.69) is 4.74 Å². The first-order chi connectivity index (χ1) is 4.63. The van der Waals surface area contributed by atoms with Crippen molar-refractivity contribution in [3.63, 3.8) is 0 Å². The third kappa shape index (κ3) is 6.74. The molecule has 1 aliphatic rings. The Morgan fingerprint density at radius 3 is 2.20 bits per heavy atom. The molecule has 3 nitrogen and oxygen atoms in total. The Bertz CT molecular complexity index is 150. The smallest absolute Gasteiger partial charge is 0.435 e. The van der Waals surface area contributed by atoms with E-state index in [0.717, 1.165) is 0 Å². The average molecular weight is 150 g/mol.